The third kappa shape index (κ3) is 3.85. The lowest BCUT2D eigenvalue weighted by Gasteiger charge is -2.15. The number of anilines is 1. The Hall–Kier alpha value is -1.81. The molecule has 4 nitrogen and oxygen atoms in total. The van der Waals surface area contributed by atoms with Gasteiger partial charge in [-0.1, -0.05) is 26.8 Å². The van der Waals surface area contributed by atoms with Crippen LogP contribution in [0.15, 0.2) is 24.3 Å². The van der Waals surface area contributed by atoms with Gasteiger partial charge in [0.25, 0.3) is 0 Å². The van der Waals surface area contributed by atoms with Crippen molar-refractivity contribution in [2.45, 2.75) is 32.6 Å². The van der Waals surface area contributed by atoms with Crippen LogP contribution in [-0.2, 0) is 10.2 Å². The first-order chi connectivity index (χ1) is 9.77. The standard InChI is InChI=1S/C17H25N3O/c1-17(2,3)15-11-12-13(18-15)7-6-8-14(12)19-16(21)9-10-20(4)5/h6-8,11,18H,9-10H2,1-5H3,(H,19,21). The summed E-state index contributed by atoms with van der Waals surface area (Å²) < 4.78 is 0. The molecule has 1 heterocycles. The summed E-state index contributed by atoms with van der Waals surface area (Å²) in [5, 5.41) is 4.09. The van der Waals surface area contributed by atoms with Gasteiger partial charge in [-0.3, -0.25) is 4.79 Å². The van der Waals surface area contributed by atoms with Crippen molar-refractivity contribution in [1.29, 1.82) is 0 Å². The van der Waals surface area contributed by atoms with Gasteiger partial charge >= 0.3 is 0 Å². The Bertz CT molecular complexity index is 635. The summed E-state index contributed by atoms with van der Waals surface area (Å²) in [6.45, 7) is 7.27. The van der Waals surface area contributed by atoms with Gasteiger partial charge in [0.15, 0.2) is 0 Å². The van der Waals surface area contributed by atoms with Gasteiger partial charge in [0.2, 0.25) is 5.91 Å². The molecule has 2 N–H and O–H groups in total. The Morgan fingerprint density at radius 2 is 2.00 bits per heavy atom. The molecule has 0 radical (unpaired) electrons. The smallest absolute Gasteiger partial charge is 0.225 e. The first-order valence-electron chi connectivity index (χ1n) is 7.34. The minimum atomic E-state index is 0.0507. The summed E-state index contributed by atoms with van der Waals surface area (Å²) in [4.78, 5) is 17.5. The number of aromatic nitrogens is 1. The number of carbonyl (C=O) groups is 1. The average Bonchev–Trinajstić information content (AvgIpc) is 2.81. The van der Waals surface area contributed by atoms with E-state index in [-0.39, 0.29) is 11.3 Å². The van der Waals surface area contributed by atoms with Gasteiger partial charge in [-0.15, -0.1) is 0 Å². The van der Waals surface area contributed by atoms with E-state index < -0.39 is 0 Å². The fourth-order valence-electron chi connectivity index (χ4n) is 2.21. The maximum Gasteiger partial charge on any atom is 0.225 e. The van der Waals surface area contributed by atoms with Crippen LogP contribution in [0.1, 0.15) is 32.9 Å². The molecule has 0 aliphatic carbocycles. The minimum Gasteiger partial charge on any atom is -0.358 e. The van der Waals surface area contributed by atoms with Crippen molar-refractivity contribution in [3.05, 3.63) is 30.0 Å². The van der Waals surface area contributed by atoms with Crippen LogP contribution in [0, 0.1) is 0 Å². The van der Waals surface area contributed by atoms with Crippen LogP contribution in [-0.4, -0.2) is 36.4 Å². The monoisotopic (exact) mass is 287 g/mol. The highest BCUT2D eigenvalue weighted by atomic mass is 16.1. The molecular weight excluding hydrogens is 262 g/mol. The lowest BCUT2D eigenvalue weighted by molar-refractivity contribution is -0.116. The molecule has 1 aromatic carbocycles. The molecule has 0 unspecified atom stereocenters. The summed E-state index contributed by atoms with van der Waals surface area (Å²) in [6, 6.07) is 8.10. The van der Waals surface area contributed by atoms with Crippen LogP contribution >= 0.6 is 0 Å². The number of benzene rings is 1. The van der Waals surface area contributed by atoms with E-state index in [9.17, 15) is 4.79 Å². The normalized spacial score (nSPS) is 12.1. The molecule has 1 aromatic heterocycles. The van der Waals surface area contributed by atoms with E-state index in [4.69, 9.17) is 0 Å². The zero-order valence-electron chi connectivity index (χ0n) is 13.6. The van der Waals surface area contributed by atoms with E-state index in [2.05, 4.69) is 37.1 Å². The predicted octanol–water partition coefficient (Wildman–Crippen LogP) is 3.36. The number of amides is 1. The molecule has 4 heteroatoms. The largest absolute Gasteiger partial charge is 0.358 e. The first-order valence-corrected chi connectivity index (χ1v) is 7.34. The number of rotatable bonds is 4. The zero-order valence-corrected chi connectivity index (χ0v) is 13.6. The molecule has 0 spiro atoms. The van der Waals surface area contributed by atoms with E-state index in [0.717, 1.165) is 23.1 Å². The summed E-state index contributed by atoms with van der Waals surface area (Å²) in [6.07, 6.45) is 0.500. The van der Waals surface area contributed by atoms with Gasteiger partial charge in [-0.25, -0.2) is 0 Å². The number of hydrogen-bond acceptors (Lipinski definition) is 2. The molecule has 0 bridgehead atoms. The summed E-state index contributed by atoms with van der Waals surface area (Å²) in [5.41, 5.74) is 3.17. The number of nitrogens with one attached hydrogen (secondary N) is 2. The van der Waals surface area contributed by atoms with Crippen molar-refractivity contribution in [2.24, 2.45) is 0 Å². The molecule has 2 rings (SSSR count). The van der Waals surface area contributed by atoms with E-state index in [1.54, 1.807) is 0 Å². The number of hydrogen-bond donors (Lipinski definition) is 2. The third-order valence-electron chi connectivity index (χ3n) is 3.53. The molecule has 21 heavy (non-hydrogen) atoms. The van der Waals surface area contributed by atoms with Crippen LogP contribution in [0.2, 0.25) is 0 Å². The van der Waals surface area contributed by atoms with Crippen molar-refractivity contribution >= 4 is 22.5 Å². The Labute approximate surface area is 126 Å². The quantitative estimate of drug-likeness (QED) is 0.906. The van der Waals surface area contributed by atoms with Crippen LogP contribution in [0.5, 0.6) is 0 Å². The number of carbonyl (C=O) groups excluding carboxylic acids is 1. The molecular formula is C17H25N3O. The van der Waals surface area contributed by atoms with E-state index in [1.165, 1.54) is 5.69 Å². The molecule has 0 aliphatic rings. The summed E-state index contributed by atoms with van der Waals surface area (Å²) >= 11 is 0. The Balaban J connectivity index is 2.24. The second-order valence-corrected chi connectivity index (χ2v) is 6.80. The molecule has 0 saturated heterocycles. The van der Waals surface area contributed by atoms with Gasteiger partial charge in [-0.05, 0) is 32.3 Å². The lowest BCUT2D eigenvalue weighted by Crippen LogP contribution is -2.20. The minimum absolute atomic E-state index is 0.0507. The highest BCUT2D eigenvalue weighted by Crippen LogP contribution is 2.30. The lowest BCUT2D eigenvalue weighted by atomic mass is 9.92. The third-order valence-corrected chi connectivity index (χ3v) is 3.53. The molecule has 0 atom stereocenters. The molecule has 0 fully saturated rings. The van der Waals surface area contributed by atoms with Crippen LogP contribution in [0.25, 0.3) is 10.9 Å². The highest BCUT2D eigenvalue weighted by molar-refractivity contribution is 6.01. The van der Waals surface area contributed by atoms with Crippen LogP contribution in [0.4, 0.5) is 5.69 Å². The van der Waals surface area contributed by atoms with Gasteiger partial charge in [0.1, 0.15) is 0 Å². The topological polar surface area (TPSA) is 48.1 Å². The molecule has 0 saturated carbocycles. The second kappa shape index (κ2) is 5.90. The molecule has 114 valence electrons. The second-order valence-electron chi connectivity index (χ2n) is 6.80. The van der Waals surface area contributed by atoms with Gasteiger partial charge in [-0.2, -0.15) is 0 Å². The van der Waals surface area contributed by atoms with Gasteiger partial charge in [0, 0.05) is 35.0 Å². The summed E-state index contributed by atoms with van der Waals surface area (Å²) in [7, 11) is 3.94. The first kappa shape index (κ1) is 15.6. The van der Waals surface area contributed by atoms with Gasteiger partial charge in [0.05, 0.1) is 5.69 Å². The van der Waals surface area contributed by atoms with E-state index >= 15 is 0 Å². The Kier molecular flexibility index (Phi) is 4.37. The van der Waals surface area contributed by atoms with Crippen LogP contribution < -0.4 is 5.32 Å². The fourth-order valence-corrected chi connectivity index (χ4v) is 2.21. The SMILES string of the molecule is CN(C)CCC(=O)Nc1cccc2[nH]c(C(C)(C)C)cc12. The molecule has 2 aromatic rings. The predicted molar refractivity (Wildman–Crippen MR) is 88.8 cm³/mol. The number of aromatic amines is 1. The number of fused-ring (bicyclic) bond motifs is 1. The molecule has 1 amide bonds. The summed E-state index contributed by atoms with van der Waals surface area (Å²) in [5.74, 6) is 0.0507. The van der Waals surface area contributed by atoms with Crippen molar-refractivity contribution in [1.82, 2.24) is 9.88 Å². The number of H-pyrrole nitrogens is 1. The van der Waals surface area contributed by atoms with Crippen molar-refractivity contribution < 1.29 is 4.79 Å². The van der Waals surface area contributed by atoms with E-state index in [0.29, 0.717) is 6.42 Å². The maximum atomic E-state index is 12.0. The highest BCUT2D eigenvalue weighted by Gasteiger charge is 2.17. The number of nitrogens with zero attached hydrogens (tertiary/aromatic N) is 1. The Morgan fingerprint density at radius 3 is 2.62 bits per heavy atom. The maximum absolute atomic E-state index is 12.0. The Morgan fingerprint density at radius 1 is 1.29 bits per heavy atom. The van der Waals surface area contributed by atoms with Gasteiger partial charge < -0.3 is 15.2 Å². The fraction of sp³-hybridized carbons (Fsp3) is 0.471. The van der Waals surface area contributed by atoms with Crippen LogP contribution in [0.3, 0.4) is 0 Å². The molecule has 0 aliphatic heterocycles. The van der Waals surface area contributed by atoms with Crippen molar-refractivity contribution in [2.75, 3.05) is 26.0 Å². The van der Waals surface area contributed by atoms with Crippen molar-refractivity contribution in [3.8, 4) is 0 Å². The van der Waals surface area contributed by atoms with Crippen molar-refractivity contribution in [3.63, 3.8) is 0 Å². The van der Waals surface area contributed by atoms with E-state index in [1.807, 2.05) is 37.2 Å². The zero-order chi connectivity index (χ0) is 15.6. The average molecular weight is 287 g/mol.